The average Bonchev–Trinajstić information content (AvgIpc) is 3.30. The van der Waals surface area contributed by atoms with E-state index in [1.807, 2.05) is 24.3 Å². The molecule has 2 N–H and O–H groups in total. The van der Waals surface area contributed by atoms with E-state index in [0.717, 1.165) is 22.9 Å². The van der Waals surface area contributed by atoms with Crippen LogP contribution in [0.4, 0.5) is 11.4 Å². The van der Waals surface area contributed by atoms with Crippen molar-refractivity contribution in [2.45, 2.75) is 18.3 Å². The number of rotatable bonds is 5. The summed E-state index contributed by atoms with van der Waals surface area (Å²) in [6.45, 7) is 0. The molecule has 4 rings (SSSR count). The van der Waals surface area contributed by atoms with E-state index in [-0.39, 0.29) is 17.6 Å². The maximum atomic E-state index is 12.8. The molecule has 0 radical (unpaired) electrons. The molecular formula is C21H17BrN2O3. The van der Waals surface area contributed by atoms with Crippen LogP contribution in [-0.2, 0) is 10.2 Å². The largest absolute Gasteiger partial charge is 0.459 e. The number of carbonyl (C=O) groups is 2. The molecule has 1 fully saturated rings. The van der Waals surface area contributed by atoms with Crippen molar-refractivity contribution in [3.8, 4) is 0 Å². The molecule has 0 atom stereocenters. The summed E-state index contributed by atoms with van der Waals surface area (Å²) in [7, 11) is 0. The number of amides is 2. The van der Waals surface area contributed by atoms with Crippen LogP contribution < -0.4 is 10.6 Å². The summed E-state index contributed by atoms with van der Waals surface area (Å²) < 4.78 is 6.06. The molecule has 6 heteroatoms. The summed E-state index contributed by atoms with van der Waals surface area (Å²) in [5.74, 6) is -0.0706. The van der Waals surface area contributed by atoms with Gasteiger partial charge in [0, 0.05) is 15.8 Å². The maximum Gasteiger partial charge on any atom is 0.291 e. The van der Waals surface area contributed by atoms with E-state index in [0.29, 0.717) is 11.4 Å². The van der Waals surface area contributed by atoms with Crippen molar-refractivity contribution < 1.29 is 14.0 Å². The average molecular weight is 425 g/mol. The van der Waals surface area contributed by atoms with E-state index in [2.05, 4.69) is 26.6 Å². The van der Waals surface area contributed by atoms with Crippen molar-refractivity contribution in [1.82, 2.24) is 0 Å². The fourth-order valence-electron chi connectivity index (χ4n) is 3.03. The van der Waals surface area contributed by atoms with Crippen molar-refractivity contribution in [2.24, 2.45) is 0 Å². The lowest BCUT2D eigenvalue weighted by atomic mass is 9.95. The van der Waals surface area contributed by atoms with Crippen molar-refractivity contribution in [3.63, 3.8) is 0 Å². The quantitative estimate of drug-likeness (QED) is 0.607. The van der Waals surface area contributed by atoms with Crippen LogP contribution >= 0.6 is 15.9 Å². The summed E-state index contributed by atoms with van der Waals surface area (Å²) in [6.07, 6.45) is 3.14. The zero-order valence-corrected chi connectivity index (χ0v) is 16.0. The second-order valence-corrected chi connectivity index (χ2v) is 7.47. The van der Waals surface area contributed by atoms with Crippen LogP contribution in [-0.4, -0.2) is 11.8 Å². The number of hydrogen-bond donors (Lipinski definition) is 2. The van der Waals surface area contributed by atoms with Crippen LogP contribution in [0.25, 0.3) is 0 Å². The maximum absolute atomic E-state index is 12.8. The van der Waals surface area contributed by atoms with Gasteiger partial charge in [-0.2, -0.15) is 0 Å². The Morgan fingerprint density at radius 2 is 1.52 bits per heavy atom. The lowest BCUT2D eigenvalue weighted by Crippen LogP contribution is -2.27. The monoisotopic (exact) mass is 424 g/mol. The first-order valence-corrected chi connectivity index (χ1v) is 9.39. The Labute approximate surface area is 164 Å². The highest BCUT2D eigenvalue weighted by Crippen LogP contribution is 2.49. The van der Waals surface area contributed by atoms with Gasteiger partial charge in [-0.25, -0.2) is 0 Å². The fourth-order valence-corrected chi connectivity index (χ4v) is 3.29. The number of nitrogens with one attached hydrogen (secondary N) is 2. The topological polar surface area (TPSA) is 71.3 Å². The summed E-state index contributed by atoms with van der Waals surface area (Å²) in [5.41, 5.74) is 1.92. The first-order valence-electron chi connectivity index (χ1n) is 8.59. The molecule has 1 heterocycles. The highest BCUT2D eigenvalue weighted by Gasteiger charge is 2.51. The molecule has 136 valence electrons. The number of hydrogen-bond acceptors (Lipinski definition) is 3. The third kappa shape index (κ3) is 3.66. The van der Waals surface area contributed by atoms with E-state index in [9.17, 15) is 9.59 Å². The summed E-state index contributed by atoms with van der Waals surface area (Å²) in [6, 6.07) is 18.2. The first-order chi connectivity index (χ1) is 13.1. The standard InChI is InChI=1S/C21H17BrN2O3/c22-15-5-3-14(4-6-15)21(11-12-21)20(26)24-17-9-7-16(8-10-17)23-19(25)18-2-1-13-27-18/h1-10,13H,11-12H2,(H,23,25)(H,24,26). The molecule has 0 bridgehead atoms. The fraction of sp³-hybridized carbons (Fsp3) is 0.143. The Kier molecular flexibility index (Phi) is 4.58. The van der Waals surface area contributed by atoms with Crippen LogP contribution in [0, 0.1) is 0 Å². The smallest absolute Gasteiger partial charge is 0.291 e. The Morgan fingerprint density at radius 1 is 0.889 bits per heavy atom. The number of halogens is 1. The lowest BCUT2D eigenvalue weighted by molar-refractivity contribution is -0.118. The number of benzene rings is 2. The predicted molar refractivity (Wildman–Crippen MR) is 107 cm³/mol. The first kappa shape index (κ1) is 17.5. The summed E-state index contributed by atoms with van der Waals surface area (Å²) >= 11 is 3.42. The van der Waals surface area contributed by atoms with Gasteiger partial charge < -0.3 is 15.1 Å². The molecule has 1 aliphatic carbocycles. The van der Waals surface area contributed by atoms with Crippen molar-refractivity contribution in [1.29, 1.82) is 0 Å². The molecule has 27 heavy (non-hydrogen) atoms. The van der Waals surface area contributed by atoms with Gasteiger partial charge in [-0.3, -0.25) is 9.59 Å². The minimum atomic E-state index is -0.438. The Hall–Kier alpha value is -2.86. The highest BCUT2D eigenvalue weighted by molar-refractivity contribution is 9.10. The van der Waals surface area contributed by atoms with E-state index in [1.165, 1.54) is 6.26 Å². The summed E-state index contributed by atoms with van der Waals surface area (Å²) in [4.78, 5) is 24.8. The third-order valence-electron chi connectivity index (χ3n) is 4.73. The second-order valence-electron chi connectivity index (χ2n) is 6.55. The Bertz CT molecular complexity index is 960. The second kappa shape index (κ2) is 7.04. The normalized spacial score (nSPS) is 14.4. The highest BCUT2D eigenvalue weighted by atomic mass is 79.9. The van der Waals surface area contributed by atoms with Gasteiger partial charge in [0.15, 0.2) is 5.76 Å². The lowest BCUT2D eigenvalue weighted by Gasteiger charge is -2.16. The summed E-state index contributed by atoms with van der Waals surface area (Å²) in [5, 5.41) is 5.73. The molecule has 0 saturated heterocycles. The minimum absolute atomic E-state index is 0.00260. The number of carbonyl (C=O) groups excluding carboxylic acids is 2. The molecule has 1 aliphatic rings. The zero-order valence-electron chi connectivity index (χ0n) is 14.4. The van der Waals surface area contributed by atoms with Crippen LogP contribution in [0.5, 0.6) is 0 Å². The molecule has 1 saturated carbocycles. The van der Waals surface area contributed by atoms with E-state index in [4.69, 9.17) is 4.42 Å². The minimum Gasteiger partial charge on any atom is -0.459 e. The predicted octanol–water partition coefficient (Wildman–Crippen LogP) is 4.96. The molecule has 0 unspecified atom stereocenters. The SMILES string of the molecule is O=C(Nc1ccc(NC(=O)C2(c3ccc(Br)cc3)CC2)cc1)c1ccco1. The number of anilines is 2. The van der Waals surface area contributed by atoms with Gasteiger partial charge >= 0.3 is 0 Å². The van der Waals surface area contributed by atoms with Crippen LogP contribution in [0.2, 0.25) is 0 Å². The molecule has 5 nitrogen and oxygen atoms in total. The molecule has 1 aromatic heterocycles. The van der Waals surface area contributed by atoms with Gasteiger partial charge in [-0.05, 0) is 66.9 Å². The molecule has 0 aliphatic heterocycles. The molecule has 0 spiro atoms. The van der Waals surface area contributed by atoms with Gasteiger partial charge in [0.25, 0.3) is 5.91 Å². The van der Waals surface area contributed by atoms with Gasteiger partial charge in [-0.15, -0.1) is 0 Å². The Morgan fingerprint density at radius 3 is 2.07 bits per heavy atom. The third-order valence-corrected chi connectivity index (χ3v) is 5.26. The number of furan rings is 1. The van der Waals surface area contributed by atoms with Crippen LogP contribution in [0.1, 0.15) is 29.0 Å². The molecule has 2 amide bonds. The molecular weight excluding hydrogens is 408 g/mol. The van der Waals surface area contributed by atoms with Crippen LogP contribution in [0.15, 0.2) is 75.8 Å². The van der Waals surface area contributed by atoms with Crippen molar-refractivity contribution >= 4 is 39.1 Å². The van der Waals surface area contributed by atoms with E-state index < -0.39 is 5.41 Å². The van der Waals surface area contributed by atoms with Gasteiger partial charge in [0.05, 0.1) is 11.7 Å². The van der Waals surface area contributed by atoms with Crippen molar-refractivity contribution in [2.75, 3.05) is 10.6 Å². The van der Waals surface area contributed by atoms with Gasteiger partial charge in [-0.1, -0.05) is 28.1 Å². The van der Waals surface area contributed by atoms with Crippen LogP contribution in [0.3, 0.4) is 0 Å². The van der Waals surface area contributed by atoms with Crippen molar-refractivity contribution in [3.05, 3.63) is 82.7 Å². The molecule has 2 aromatic carbocycles. The van der Waals surface area contributed by atoms with E-state index in [1.54, 1.807) is 36.4 Å². The van der Waals surface area contributed by atoms with Gasteiger partial charge in [0.2, 0.25) is 5.91 Å². The van der Waals surface area contributed by atoms with Gasteiger partial charge in [0.1, 0.15) is 0 Å². The van der Waals surface area contributed by atoms with E-state index >= 15 is 0 Å². The molecule has 3 aromatic rings. The Balaban J connectivity index is 1.42. The zero-order chi connectivity index (χ0) is 18.9.